The molecule has 1 atom stereocenters. The zero-order chi connectivity index (χ0) is 11.1. The maximum absolute atomic E-state index is 10.6. The number of likely N-dealkylation sites (tertiary alicyclic amines) is 1. The number of unbranched alkanes of at least 4 members (excludes halogenated alkanes) is 1. The summed E-state index contributed by atoms with van der Waals surface area (Å²) in [6.45, 7) is 3.04. The third-order valence-electron chi connectivity index (χ3n) is 2.86. The molecule has 0 radical (unpaired) electrons. The summed E-state index contributed by atoms with van der Waals surface area (Å²) in [4.78, 5) is 12.9. The molecule has 0 aromatic carbocycles. The number of carboxylic acids is 1. The molecule has 1 N–H and O–H groups in total. The summed E-state index contributed by atoms with van der Waals surface area (Å²) in [7, 11) is 0. The molecule has 15 heavy (non-hydrogen) atoms. The van der Waals surface area contributed by atoms with E-state index in [0.29, 0.717) is 12.3 Å². The number of terminal acetylenes is 1. The normalized spacial score (nSPS) is 22.2. The van der Waals surface area contributed by atoms with E-state index in [9.17, 15) is 4.79 Å². The molecule has 1 fully saturated rings. The lowest BCUT2D eigenvalue weighted by molar-refractivity contribution is -0.138. The maximum Gasteiger partial charge on any atom is 0.303 e. The van der Waals surface area contributed by atoms with Crippen LogP contribution in [0.2, 0.25) is 0 Å². The highest BCUT2D eigenvalue weighted by atomic mass is 16.4. The van der Waals surface area contributed by atoms with E-state index in [-0.39, 0.29) is 0 Å². The van der Waals surface area contributed by atoms with Gasteiger partial charge in [0.15, 0.2) is 0 Å². The van der Waals surface area contributed by atoms with Gasteiger partial charge in [-0.3, -0.25) is 4.79 Å². The van der Waals surface area contributed by atoms with Crippen LogP contribution in [0.4, 0.5) is 0 Å². The fourth-order valence-electron chi connectivity index (χ4n) is 2.17. The summed E-state index contributed by atoms with van der Waals surface area (Å²) < 4.78 is 0. The lowest BCUT2D eigenvalue weighted by Crippen LogP contribution is -2.36. The van der Waals surface area contributed by atoms with E-state index in [1.165, 1.54) is 0 Å². The van der Waals surface area contributed by atoms with E-state index >= 15 is 0 Å². The van der Waals surface area contributed by atoms with Crippen molar-refractivity contribution in [3.63, 3.8) is 0 Å². The first-order valence-electron chi connectivity index (χ1n) is 5.60. The summed E-state index contributed by atoms with van der Waals surface area (Å²) in [6, 6.07) is 0. The van der Waals surface area contributed by atoms with Gasteiger partial charge in [-0.05, 0) is 38.3 Å². The van der Waals surface area contributed by atoms with Crippen LogP contribution in [0.25, 0.3) is 0 Å². The molecular formula is C12H19NO2. The summed E-state index contributed by atoms with van der Waals surface area (Å²) in [5, 5.41) is 8.72. The fraction of sp³-hybridized carbons (Fsp3) is 0.750. The molecule has 1 unspecified atom stereocenters. The molecule has 3 nitrogen and oxygen atoms in total. The molecule has 0 aromatic heterocycles. The molecule has 84 valence electrons. The first-order chi connectivity index (χ1) is 7.22. The lowest BCUT2D eigenvalue weighted by atomic mass is 9.95. The molecule has 0 aliphatic carbocycles. The molecule has 1 rings (SSSR count). The first kappa shape index (κ1) is 12.1. The van der Waals surface area contributed by atoms with Crippen molar-refractivity contribution in [3.8, 4) is 12.3 Å². The van der Waals surface area contributed by atoms with Crippen molar-refractivity contribution >= 4 is 5.97 Å². The highest BCUT2D eigenvalue weighted by Crippen LogP contribution is 2.19. The molecule has 0 spiro atoms. The largest absolute Gasteiger partial charge is 0.481 e. The van der Waals surface area contributed by atoms with E-state index in [0.717, 1.165) is 45.3 Å². The highest BCUT2D eigenvalue weighted by Gasteiger charge is 2.21. The van der Waals surface area contributed by atoms with Gasteiger partial charge in [0.05, 0.1) is 0 Å². The number of rotatable bonds is 5. The number of hydrogen-bond acceptors (Lipinski definition) is 2. The van der Waals surface area contributed by atoms with Gasteiger partial charge in [0.2, 0.25) is 0 Å². The Morgan fingerprint density at radius 3 is 3.07 bits per heavy atom. The standard InChI is InChI=1S/C12H19NO2/c1-2-3-4-7-13-8-5-6-11(10-13)9-12(14)15/h1,11H,3-10H2,(H,14,15). The van der Waals surface area contributed by atoms with Crippen molar-refractivity contribution in [2.45, 2.75) is 32.1 Å². The zero-order valence-electron chi connectivity index (χ0n) is 9.11. The van der Waals surface area contributed by atoms with Crippen LogP contribution in [0, 0.1) is 18.3 Å². The van der Waals surface area contributed by atoms with Gasteiger partial charge >= 0.3 is 5.97 Å². The van der Waals surface area contributed by atoms with E-state index in [1.807, 2.05) is 0 Å². The minimum Gasteiger partial charge on any atom is -0.481 e. The Labute approximate surface area is 91.5 Å². The molecule has 1 aliphatic heterocycles. The Bertz CT molecular complexity index is 244. The topological polar surface area (TPSA) is 40.5 Å². The third-order valence-corrected chi connectivity index (χ3v) is 2.86. The van der Waals surface area contributed by atoms with Crippen molar-refractivity contribution in [1.29, 1.82) is 0 Å². The first-order valence-corrected chi connectivity index (χ1v) is 5.60. The summed E-state index contributed by atoms with van der Waals surface area (Å²) in [5.41, 5.74) is 0. The van der Waals surface area contributed by atoms with Crippen LogP contribution in [0.5, 0.6) is 0 Å². The quantitative estimate of drug-likeness (QED) is 0.552. The molecular weight excluding hydrogens is 190 g/mol. The number of nitrogens with zero attached hydrogens (tertiary/aromatic N) is 1. The molecule has 1 heterocycles. The van der Waals surface area contributed by atoms with E-state index in [1.54, 1.807) is 0 Å². The zero-order valence-corrected chi connectivity index (χ0v) is 9.11. The van der Waals surface area contributed by atoms with Crippen LogP contribution in [0.3, 0.4) is 0 Å². The monoisotopic (exact) mass is 209 g/mol. The predicted molar refractivity (Wildman–Crippen MR) is 59.5 cm³/mol. The smallest absolute Gasteiger partial charge is 0.303 e. The second kappa shape index (κ2) is 6.47. The van der Waals surface area contributed by atoms with Gasteiger partial charge in [-0.1, -0.05) is 0 Å². The highest BCUT2D eigenvalue weighted by molar-refractivity contribution is 5.67. The fourth-order valence-corrected chi connectivity index (χ4v) is 2.17. The Kier molecular flexibility index (Phi) is 5.20. The average molecular weight is 209 g/mol. The summed E-state index contributed by atoms with van der Waals surface area (Å²) in [6.07, 6.45) is 9.52. The molecule has 1 saturated heterocycles. The second-order valence-corrected chi connectivity index (χ2v) is 4.21. The van der Waals surface area contributed by atoms with Crippen molar-refractivity contribution in [2.24, 2.45) is 5.92 Å². The molecule has 1 aliphatic rings. The lowest BCUT2D eigenvalue weighted by Gasteiger charge is -2.31. The van der Waals surface area contributed by atoms with Gasteiger partial charge in [0.1, 0.15) is 0 Å². The Morgan fingerprint density at radius 2 is 2.40 bits per heavy atom. The Morgan fingerprint density at radius 1 is 1.60 bits per heavy atom. The van der Waals surface area contributed by atoms with Crippen LogP contribution in [-0.4, -0.2) is 35.6 Å². The van der Waals surface area contributed by atoms with Gasteiger partial charge in [-0.2, -0.15) is 0 Å². The third kappa shape index (κ3) is 4.85. The molecule has 0 bridgehead atoms. The van der Waals surface area contributed by atoms with Crippen molar-refractivity contribution < 1.29 is 9.90 Å². The van der Waals surface area contributed by atoms with Crippen molar-refractivity contribution in [3.05, 3.63) is 0 Å². The SMILES string of the molecule is C#CCCCN1CCCC(CC(=O)O)C1. The molecule has 3 heteroatoms. The van der Waals surface area contributed by atoms with Gasteiger partial charge in [0.25, 0.3) is 0 Å². The van der Waals surface area contributed by atoms with Crippen LogP contribution < -0.4 is 0 Å². The van der Waals surface area contributed by atoms with Crippen LogP contribution in [0.15, 0.2) is 0 Å². The van der Waals surface area contributed by atoms with Crippen LogP contribution in [-0.2, 0) is 4.79 Å². The number of carbonyl (C=O) groups is 1. The molecule has 0 aromatic rings. The van der Waals surface area contributed by atoms with Crippen molar-refractivity contribution in [1.82, 2.24) is 4.90 Å². The summed E-state index contributed by atoms with van der Waals surface area (Å²) >= 11 is 0. The van der Waals surface area contributed by atoms with Crippen LogP contribution in [0.1, 0.15) is 32.1 Å². The molecule has 0 saturated carbocycles. The second-order valence-electron chi connectivity index (χ2n) is 4.21. The van der Waals surface area contributed by atoms with Gasteiger partial charge in [-0.25, -0.2) is 0 Å². The van der Waals surface area contributed by atoms with E-state index in [2.05, 4.69) is 10.8 Å². The van der Waals surface area contributed by atoms with E-state index in [4.69, 9.17) is 11.5 Å². The predicted octanol–water partition coefficient (Wildman–Crippen LogP) is 1.59. The van der Waals surface area contributed by atoms with Gasteiger partial charge < -0.3 is 10.0 Å². The van der Waals surface area contributed by atoms with Gasteiger partial charge in [-0.15, -0.1) is 12.3 Å². The number of piperidine rings is 1. The minimum atomic E-state index is -0.675. The van der Waals surface area contributed by atoms with Gasteiger partial charge in [0, 0.05) is 19.4 Å². The van der Waals surface area contributed by atoms with Crippen molar-refractivity contribution in [2.75, 3.05) is 19.6 Å². The van der Waals surface area contributed by atoms with Crippen LogP contribution >= 0.6 is 0 Å². The number of carboxylic acid groups (broad SMARTS) is 1. The van der Waals surface area contributed by atoms with E-state index < -0.39 is 5.97 Å². The number of aliphatic carboxylic acids is 1. The molecule has 0 amide bonds. The average Bonchev–Trinajstić information content (AvgIpc) is 2.18. The summed E-state index contributed by atoms with van der Waals surface area (Å²) in [5.74, 6) is 2.29. The Balaban J connectivity index is 2.23. The Hall–Kier alpha value is -1.01. The minimum absolute atomic E-state index is 0.311. The number of hydrogen-bond donors (Lipinski definition) is 1. The maximum atomic E-state index is 10.6.